The number of imidazole rings is 4. The lowest BCUT2D eigenvalue weighted by Crippen LogP contribution is -2.31. The molecule has 0 saturated carbocycles. The average Bonchev–Trinajstić information content (AvgIpc) is 1.65. The minimum absolute atomic E-state index is 0.436. The molecular formula is C109H130N12+4. The second-order valence-electron chi connectivity index (χ2n) is 35.8. The van der Waals surface area contributed by atoms with Gasteiger partial charge in [-0.1, -0.05) is 270 Å². The van der Waals surface area contributed by atoms with E-state index in [1.807, 2.05) is 6.33 Å². The predicted molar refractivity (Wildman–Crippen MR) is 506 cm³/mol. The Bertz CT molecular complexity index is 6350. The molecule has 0 spiro atoms. The Hall–Kier alpha value is -11.8. The topological polar surface area (TPSA) is 86.8 Å². The molecule has 12 heteroatoms. The van der Waals surface area contributed by atoms with Gasteiger partial charge in [-0.25, -0.2) is 19.9 Å². The van der Waals surface area contributed by atoms with Crippen LogP contribution in [0.2, 0.25) is 0 Å². The second kappa shape index (κ2) is 36.7. The van der Waals surface area contributed by atoms with Crippen molar-refractivity contribution in [1.82, 2.24) is 38.2 Å². The second-order valence-corrected chi connectivity index (χ2v) is 35.8. The molecule has 0 aliphatic carbocycles. The molecule has 0 saturated heterocycles. The van der Waals surface area contributed by atoms with Gasteiger partial charge < -0.3 is 0 Å². The first kappa shape index (κ1) is 87.1. The lowest BCUT2D eigenvalue weighted by Gasteiger charge is -2.22. The third-order valence-corrected chi connectivity index (χ3v) is 24.4. The molecule has 0 atom stereocenters. The minimum atomic E-state index is 0.436. The van der Waals surface area contributed by atoms with Crippen LogP contribution < -0.4 is 18.3 Å². The molecule has 16 rings (SSSR count). The summed E-state index contributed by atoms with van der Waals surface area (Å²) in [5.74, 6) is 6.77. The largest absolute Gasteiger partial charge is 0.298 e. The fraction of sp³-hybridized carbons (Fsp3) is 0.339. The van der Waals surface area contributed by atoms with Crippen LogP contribution >= 0.6 is 0 Å². The number of rotatable bonds is 18. The highest BCUT2D eigenvalue weighted by Crippen LogP contribution is 2.41. The summed E-state index contributed by atoms with van der Waals surface area (Å²) in [6.07, 6.45) is 12.5. The van der Waals surface area contributed by atoms with E-state index in [1.54, 1.807) is 0 Å². The molecule has 16 aromatic rings. The third-order valence-electron chi connectivity index (χ3n) is 24.4. The van der Waals surface area contributed by atoms with Crippen LogP contribution in [0.25, 0.3) is 112 Å². The van der Waals surface area contributed by atoms with Crippen molar-refractivity contribution >= 4 is 44.1 Å². The maximum atomic E-state index is 5.12. The van der Waals surface area contributed by atoms with Gasteiger partial charge in [-0.2, -0.15) is 18.3 Å². The van der Waals surface area contributed by atoms with Gasteiger partial charge in [0.25, 0.3) is 0 Å². The van der Waals surface area contributed by atoms with Crippen molar-refractivity contribution in [2.24, 2.45) is 28.2 Å². The maximum Gasteiger partial charge on any atom is 0.214 e. The van der Waals surface area contributed by atoms with Crippen molar-refractivity contribution in [3.63, 3.8) is 0 Å². The zero-order chi connectivity index (χ0) is 86.9. The normalized spacial score (nSPS) is 11.8. The van der Waals surface area contributed by atoms with Crippen molar-refractivity contribution in [2.75, 3.05) is 0 Å². The van der Waals surface area contributed by atoms with Crippen molar-refractivity contribution in [3.8, 4) is 67.8 Å². The zero-order valence-corrected chi connectivity index (χ0v) is 77.3. The van der Waals surface area contributed by atoms with Crippen LogP contribution in [-0.2, 0) is 41.0 Å². The van der Waals surface area contributed by atoms with Gasteiger partial charge in [0.1, 0.15) is 63.0 Å². The molecule has 622 valence electrons. The van der Waals surface area contributed by atoms with E-state index in [4.69, 9.17) is 19.9 Å². The SMILES string of the molecule is CCc1nc2c[n+](C)c(-c3ccccc3C)cc2n1-c1c(C(C)C)cccc1C(C)C.CCc1nc2cc(-c3ccccc3C)[n+](C)cc2n1-c1c(C(C)C)cccc1C(C)C.Cc1ccccc1-c1cc2c(c[n+]1C)nc(C)n2-c1c(C(C)C)cccc1C(C)C.Cc1ccccc1-c1cc2c(c[n+]1C)ncn2-c1c(C(C)C)cccc1C(C)C. The zero-order valence-electron chi connectivity index (χ0n) is 77.3. The van der Waals surface area contributed by atoms with Crippen LogP contribution in [0.15, 0.2) is 225 Å². The van der Waals surface area contributed by atoms with E-state index in [0.717, 1.165) is 57.9 Å². The highest BCUT2D eigenvalue weighted by molar-refractivity contribution is 5.86. The average molecular weight is 1610 g/mol. The fourth-order valence-corrected chi connectivity index (χ4v) is 17.9. The monoisotopic (exact) mass is 1610 g/mol. The number of hydrogen-bond acceptors (Lipinski definition) is 4. The summed E-state index contributed by atoms with van der Waals surface area (Å²) in [5.41, 5.74) is 40.0. The molecule has 0 amide bonds. The Morgan fingerprint density at radius 3 is 0.884 bits per heavy atom. The van der Waals surface area contributed by atoms with Crippen LogP contribution in [-0.4, -0.2) is 38.2 Å². The van der Waals surface area contributed by atoms with Gasteiger partial charge in [-0.15, -0.1) is 0 Å². The number of aromatic nitrogens is 12. The van der Waals surface area contributed by atoms with Gasteiger partial charge in [0, 0.05) is 59.4 Å². The number of para-hydroxylation sites is 4. The summed E-state index contributed by atoms with van der Waals surface area (Å²) in [6.45, 7) is 51.6. The van der Waals surface area contributed by atoms with E-state index in [9.17, 15) is 0 Å². The lowest BCUT2D eigenvalue weighted by atomic mass is 9.92. The van der Waals surface area contributed by atoms with Crippen molar-refractivity contribution in [2.45, 2.75) is 219 Å². The Labute approximate surface area is 721 Å². The molecule has 121 heavy (non-hydrogen) atoms. The number of fused-ring (bicyclic) bond motifs is 4. The molecule has 0 aliphatic rings. The first-order valence-corrected chi connectivity index (χ1v) is 44.2. The molecule has 0 radical (unpaired) electrons. The van der Waals surface area contributed by atoms with Crippen molar-refractivity contribution < 1.29 is 18.3 Å². The summed E-state index contributed by atoms with van der Waals surface area (Å²) in [5, 5.41) is 0. The number of pyridine rings is 4. The molecule has 8 aromatic carbocycles. The highest BCUT2D eigenvalue weighted by Gasteiger charge is 2.30. The first-order valence-electron chi connectivity index (χ1n) is 44.2. The van der Waals surface area contributed by atoms with Gasteiger partial charge in [-0.05, 0) is 173 Å². The lowest BCUT2D eigenvalue weighted by molar-refractivity contribution is -0.659. The molecule has 0 unspecified atom stereocenters. The quantitative estimate of drug-likeness (QED) is 0.0801. The Balaban J connectivity index is 0.000000139. The summed E-state index contributed by atoms with van der Waals surface area (Å²) >= 11 is 0. The highest BCUT2D eigenvalue weighted by atomic mass is 15.1. The predicted octanol–water partition coefficient (Wildman–Crippen LogP) is 25.7. The van der Waals surface area contributed by atoms with Crippen LogP contribution in [0.1, 0.15) is 256 Å². The Kier molecular flexibility index (Phi) is 26.4. The third kappa shape index (κ3) is 17.4. The Morgan fingerprint density at radius 1 is 0.273 bits per heavy atom. The summed E-state index contributed by atoms with van der Waals surface area (Å²) in [7, 11) is 8.47. The van der Waals surface area contributed by atoms with Gasteiger partial charge in [0.15, 0.2) is 41.3 Å². The Morgan fingerprint density at radius 2 is 0.545 bits per heavy atom. The molecule has 8 aromatic heterocycles. The van der Waals surface area contributed by atoms with E-state index < -0.39 is 0 Å². The van der Waals surface area contributed by atoms with Gasteiger partial charge in [0.2, 0.25) is 22.8 Å². The van der Waals surface area contributed by atoms with Crippen LogP contribution in [0.3, 0.4) is 0 Å². The smallest absolute Gasteiger partial charge is 0.214 e. The molecule has 0 aliphatic heterocycles. The molecular weight excluding hydrogens is 1480 g/mol. The number of benzene rings is 8. The van der Waals surface area contributed by atoms with Gasteiger partial charge >= 0.3 is 0 Å². The first-order chi connectivity index (χ1) is 57.8. The van der Waals surface area contributed by atoms with Crippen molar-refractivity contribution in [3.05, 3.63) is 309 Å². The van der Waals surface area contributed by atoms with E-state index in [-0.39, 0.29) is 0 Å². The van der Waals surface area contributed by atoms with Crippen molar-refractivity contribution in [1.29, 1.82) is 0 Å². The van der Waals surface area contributed by atoms with E-state index in [2.05, 4.69) is 443 Å². The van der Waals surface area contributed by atoms with E-state index in [1.165, 1.54) is 151 Å². The molecule has 12 nitrogen and oxygen atoms in total. The summed E-state index contributed by atoms with van der Waals surface area (Å²) in [6, 6.07) is 70.4. The van der Waals surface area contributed by atoms with E-state index >= 15 is 0 Å². The van der Waals surface area contributed by atoms with Crippen LogP contribution in [0.4, 0.5) is 0 Å². The van der Waals surface area contributed by atoms with Gasteiger partial charge in [-0.3, -0.25) is 18.3 Å². The van der Waals surface area contributed by atoms with Gasteiger partial charge in [0.05, 0.1) is 39.3 Å². The molecule has 0 fully saturated rings. The van der Waals surface area contributed by atoms with Crippen LogP contribution in [0, 0.1) is 34.6 Å². The summed E-state index contributed by atoms with van der Waals surface area (Å²) < 4.78 is 18.3. The maximum absolute atomic E-state index is 5.12. The van der Waals surface area contributed by atoms with E-state index in [0.29, 0.717) is 47.3 Å². The molecule has 0 N–H and O–H groups in total. The number of aryl methyl sites for hydroxylation is 11. The fourth-order valence-electron chi connectivity index (χ4n) is 17.9. The minimum Gasteiger partial charge on any atom is -0.298 e. The standard InChI is InChI=1S/2C28H34N3.C27H32N3.C26H30N3/c1-8-27-29-24-17-30(7)25(23-13-10-9-12-20(23)6)16-26(24)31(27)28-21(18(2)3)14-11-15-22(28)19(4)5;1-8-27-29-24-16-25(23-13-10-9-12-20(23)6)30(7)17-26(24)31(27)28-21(18(2)3)14-11-15-22(28)19(4)5;1-17(2)21-13-10-14-22(18(3)4)27(21)30-20(6)28-24-16-29(7)25(15-26(24)30)23-12-9-8-11-19(23)5;1-17(2)20-12-9-13-21(18(3)4)26(20)29-16-27-23-15-28(6)24(14-25(23)29)22-11-8-7-10-19(22)5/h2*9-19H,8H2,1-7H3;8-18H,1-7H3;7-18H,1-6H3/q4*+1. The van der Waals surface area contributed by atoms with Crippen LogP contribution in [0.5, 0.6) is 0 Å². The number of hydrogen-bond donors (Lipinski definition) is 0. The molecule has 8 heterocycles. The number of nitrogens with zero attached hydrogens (tertiary/aromatic N) is 12. The summed E-state index contributed by atoms with van der Waals surface area (Å²) in [4.78, 5) is 19.9. The molecule has 0 bridgehead atoms.